The molecule has 0 aliphatic heterocycles. The van der Waals surface area contributed by atoms with Gasteiger partial charge in [0.25, 0.3) is 0 Å². The van der Waals surface area contributed by atoms with Crippen molar-refractivity contribution >= 4 is 0 Å². The monoisotopic (exact) mass is 245 g/mol. The normalized spacial score (nSPS) is 14.2. The summed E-state index contributed by atoms with van der Waals surface area (Å²) in [6.45, 7) is 4.05. The van der Waals surface area contributed by atoms with Gasteiger partial charge in [0.15, 0.2) is 0 Å². The molecular formula is C14H19N3O. The minimum absolute atomic E-state index is 0.0878. The van der Waals surface area contributed by atoms with Crippen LogP contribution in [0.5, 0.6) is 5.75 Å². The van der Waals surface area contributed by atoms with Crippen LogP contribution in [-0.2, 0) is 0 Å². The number of rotatable bonds is 4. The summed E-state index contributed by atoms with van der Waals surface area (Å²) in [6.07, 6.45) is 1.96. The van der Waals surface area contributed by atoms with Crippen molar-refractivity contribution in [1.82, 2.24) is 9.78 Å². The molecule has 18 heavy (non-hydrogen) atoms. The Labute approximate surface area is 107 Å². The van der Waals surface area contributed by atoms with Crippen molar-refractivity contribution in [3.8, 4) is 5.75 Å². The van der Waals surface area contributed by atoms with Crippen LogP contribution in [0.1, 0.15) is 30.3 Å². The van der Waals surface area contributed by atoms with Crippen LogP contribution >= 0.6 is 0 Å². The maximum Gasteiger partial charge on any atom is 0.118 e. The minimum atomic E-state index is -0.0878. The maximum atomic E-state index is 6.27. The van der Waals surface area contributed by atoms with Crippen LogP contribution in [0.3, 0.4) is 0 Å². The molecule has 0 fully saturated rings. The average Bonchev–Trinajstić information content (AvgIpc) is 2.84. The van der Waals surface area contributed by atoms with Gasteiger partial charge in [0.05, 0.1) is 24.9 Å². The number of hydrogen-bond donors (Lipinski definition) is 1. The van der Waals surface area contributed by atoms with Crippen molar-refractivity contribution in [2.24, 2.45) is 5.73 Å². The van der Waals surface area contributed by atoms with E-state index in [1.807, 2.05) is 48.1 Å². The molecule has 2 N–H and O–H groups in total. The molecule has 1 heterocycles. The fourth-order valence-electron chi connectivity index (χ4n) is 1.93. The topological polar surface area (TPSA) is 53.1 Å². The predicted molar refractivity (Wildman–Crippen MR) is 71.6 cm³/mol. The first-order valence-corrected chi connectivity index (χ1v) is 6.03. The van der Waals surface area contributed by atoms with Gasteiger partial charge in [0.1, 0.15) is 5.75 Å². The van der Waals surface area contributed by atoms with Crippen molar-refractivity contribution in [3.63, 3.8) is 0 Å². The van der Waals surface area contributed by atoms with Gasteiger partial charge in [-0.15, -0.1) is 0 Å². The minimum Gasteiger partial charge on any atom is -0.497 e. The zero-order valence-corrected chi connectivity index (χ0v) is 11.0. The first-order valence-electron chi connectivity index (χ1n) is 6.03. The summed E-state index contributed by atoms with van der Waals surface area (Å²) in [5.41, 5.74) is 8.35. The van der Waals surface area contributed by atoms with Gasteiger partial charge in [-0.25, -0.2) is 0 Å². The van der Waals surface area contributed by atoms with Gasteiger partial charge >= 0.3 is 0 Å². The van der Waals surface area contributed by atoms with Crippen LogP contribution < -0.4 is 10.5 Å². The quantitative estimate of drug-likeness (QED) is 0.900. The summed E-state index contributed by atoms with van der Waals surface area (Å²) in [7, 11) is 1.66. The Morgan fingerprint density at radius 1 is 1.22 bits per heavy atom. The van der Waals surface area contributed by atoms with E-state index in [9.17, 15) is 0 Å². The third-order valence-corrected chi connectivity index (χ3v) is 3.18. The fourth-order valence-corrected chi connectivity index (χ4v) is 1.93. The van der Waals surface area contributed by atoms with Gasteiger partial charge in [-0.3, -0.25) is 4.68 Å². The lowest BCUT2D eigenvalue weighted by atomic mass is 10.0. The lowest BCUT2D eigenvalue weighted by Gasteiger charge is -2.21. The molecule has 0 saturated carbocycles. The second-order valence-electron chi connectivity index (χ2n) is 4.48. The number of nitrogens with zero attached hydrogens (tertiary/aromatic N) is 2. The summed E-state index contributed by atoms with van der Waals surface area (Å²) >= 11 is 0. The van der Waals surface area contributed by atoms with E-state index in [1.54, 1.807) is 7.11 Å². The van der Waals surface area contributed by atoms with E-state index >= 15 is 0 Å². The first kappa shape index (κ1) is 12.6. The molecule has 0 spiro atoms. The van der Waals surface area contributed by atoms with Gasteiger partial charge in [-0.2, -0.15) is 5.10 Å². The first-order chi connectivity index (χ1) is 8.61. The van der Waals surface area contributed by atoms with E-state index in [4.69, 9.17) is 10.5 Å². The largest absolute Gasteiger partial charge is 0.497 e. The Hall–Kier alpha value is -1.81. The summed E-state index contributed by atoms with van der Waals surface area (Å²) in [4.78, 5) is 0. The Balaban J connectivity index is 2.16. The van der Waals surface area contributed by atoms with Crippen molar-refractivity contribution in [2.45, 2.75) is 25.9 Å². The summed E-state index contributed by atoms with van der Waals surface area (Å²) in [5, 5.41) is 4.40. The van der Waals surface area contributed by atoms with Crippen molar-refractivity contribution in [3.05, 3.63) is 47.8 Å². The van der Waals surface area contributed by atoms with E-state index in [1.165, 1.54) is 0 Å². The molecule has 0 amide bonds. The van der Waals surface area contributed by atoms with Gasteiger partial charge in [-0.05, 0) is 37.6 Å². The van der Waals surface area contributed by atoms with Gasteiger partial charge in [0, 0.05) is 6.20 Å². The standard InChI is InChI=1S/C14H19N3O/c1-10-8-9-17(16-10)11(2)14(15)12-4-6-13(18-3)7-5-12/h4-9,11,14H,15H2,1-3H3. The molecule has 1 aromatic carbocycles. The van der Waals surface area contributed by atoms with Gasteiger partial charge in [0.2, 0.25) is 0 Å². The Kier molecular flexibility index (Phi) is 3.67. The second kappa shape index (κ2) is 5.23. The number of hydrogen-bond acceptors (Lipinski definition) is 3. The average molecular weight is 245 g/mol. The molecule has 0 bridgehead atoms. The SMILES string of the molecule is COc1ccc(C(N)C(C)n2ccc(C)n2)cc1. The van der Waals surface area contributed by atoms with Crippen molar-refractivity contribution in [2.75, 3.05) is 7.11 Å². The highest BCUT2D eigenvalue weighted by Gasteiger charge is 2.17. The molecule has 1 aromatic heterocycles. The van der Waals surface area contributed by atoms with Crippen LogP contribution in [0, 0.1) is 6.92 Å². The zero-order valence-electron chi connectivity index (χ0n) is 11.0. The third kappa shape index (κ3) is 2.54. The molecule has 4 heteroatoms. The number of benzene rings is 1. The van der Waals surface area contributed by atoms with E-state index in [2.05, 4.69) is 12.0 Å². The van der Waals surface area contributed by atoms with E-state index in [0.717, 1.165) is 17.0 Å². The molecule has 2 unspecified atom stereocenters. The molecular weight excluding hydrogens is 226 g/mol. The lowest BCUT2D eigenvalue weighted by Crippen LogP contribution is -2.22. The molecule has 2 atom stereocenters. The highest BCUT2D eigenvalue weighted by atomic mass is 16.5. The van der Waals surface area contributed by atoms with Crippen molar-refractivity contribution in [1.29, 1.82) is 0 Å². The molecule has 0 radical (unpaired) electrons. The number of aromatic nitrogens is 2. The van der Waals surface area contributed by atoms with Gasteiger partial charge < -0.3 is 10.5 Å². The molecule has 2 aromatic rings. The molecule has 0 aliphatic carbocycles. The maximum absolute atomic E-state index is 6.27. The predicted octanol–water partition coefficient (Wildman–Crippen LogP) is 2.46. The van der Waals surface area contributed by atoms with E-state index < -0.39 is 0 Å². The van der Waals surface area contributed by atoms with Crippen LogP contribution in [0.25, 0.3) is 0 Å². The van der Waals surface area contributed by atoms with Crippen LogP contribution in [0.4, 0.5) is 0 Å². The van der Waals surface area contributed by atoms with E-state index in [-0.39, 0.29) is 12.1 Å². The smallest absolute Gasteiger partial charge is 0.118 e. The Morgan fingerprint density at radius 3 is 2.39 bits per heavy atom. The molecule has 96 valence electrons. The van der Waals surface area contributed by atoms with Gasteiger partial charge in [-0.1, -0.05) is 12.1 Å². The molecule has 2 rings (SSSR count). The number of nitrogens with two attached hydrogens (primary N) is 1. The third-order valence-electron chi connectivity index (χ3n) is 3.18. The summed E-state index contributed by atoms with van der Waals surface area (Å²) in [5.74, 6) is 0.841. The Morgan fingerprint density at radius 2 is 1.89 bits per heavy atom. The van der Waals surface area contributed by atoms with Crippen LogP contribution in [-0.4, -0.2) is 16.9 Å². The molecule has 4 nitrogen and oxygen atoms in total. The highest BCUT2D eigenvalue weighted by Crippen LogP contribution is 2.24. The number of methoxy groups -OCH3 is 1. The number of aryl methyl sites for hydroxylation is 1. The summed E-state index contributed by atoms with van der Waals surface area (Å²) in [6, 6.07) is 9.86. The number of ether oxygens (including phenoxy) is 1. The highest BCUT2D eigenvalue weighted by molar-refractivity contribution is 5.29. The second-order valence-corrected chi connectivity index (χ2v) is 4.48. The fraction of sp³-hybridized carbons (Fsp3) is 0.357. The van der Waals surface area contributed by atoms with Crippen LogP contribution in [0.2, 0.25) is 0 Å². The van der Waals surface area contributed by atoms with Crippen LogP contribution in [0.15, 0.2) is 36.5 Å². The lowest BCUT2D eigenvalue weighted by molar-refractivity contribution is 0.407. The molecule has 0 aliphatic rings. The zero-order chi connectivity index (χ0) is 13.1. The Bertz CT molecular complexity index is 504. The van der Waals surface area contributed by atoms with Crippen molar-refractivity contribution < 1.29 is 4.74 Å². The van der Waals surface area contributed by atoms with E-state index in [0.29, 0.717) is 0 Å². The summed E-state index contributed by atoms with van der Waals surface area (Å²) < 4.78 is 7.05. The molecule has 0 saturated heterocycles.